The molecule has 0 saturated carbocycles. The van der Waals surface area contributed by atoms with E-state index in [1.54, 1.807) is 29.3 Å². The maximum absolute atomic E-state index is 12.8. The highest BCUT2D eigenvalue weighted by atomic mass is 16.2. The van der Waals surface area contributed by atoms with Crippen LogP contribution in [0.2, 0.25) is 0 Å². The summed E-state index contributed by atoms with van der Waals surface area (Å²) < 4.78 is 0. The first-order chi connectivity index (χ1) is 13.5. The highest BCUT2D eigenvalue weighted by molar-refractivity contribution is 6.02. The van der Waals surface area contributed by atoms with Gasteiger partial charge in [0.05, 0.1) is 5.92 Å². The van der Waals surface area contributed by atoms with Crippen LogP contribution in [0.5, 0.6) is 0 Å². The average Bonchev–Trinajstić information content (AvgIpc) is 3.09. The van der Waals surface area contributed by atoms with E-state index in [1.807, 2.05) is 44.2 Å². The van der Waals surface area contributed by atoms with E-state index in [-0.39, 0.29) is 30.1 Å². The van der Waals surface area contributed by atoms with Crippen LogP contribution in [0.15, 0.2) is 54.7 Å². The number of nitrogens with zero attached hydrogens (tertiary/aromatic N) is 2. The van der Waals surface area contributed by atoms with Crippen molar-refractivity contribution < 1.29 is 14.4 Å². The van der Waals surface area contributed by atoms with Crippen molar-refractivity contribution in [1.29, 1.82) is 0 Å². The Hall–Kier alpha value is -3.22. The van der Waals surface area contributed by atoms with Gasteiger partial charge in [-0.2, -0.15) is 0 Å². The van der Waals surface area contributed by atoms with Crippen LogP contribution in [0.3, 0.4) is 0 Å². The Kier molecular flexibility index (Phi) is 6.03. The molecule has 1 saturated heterocycles. The number of amides is 3. The number of benzene rings is 1. The normalized spacial score (nSPS) is 17.5. The molecule has 1 aliphatic heterocycles. The second-order valence-corrected chi connectivity index (χ2v) is 7.18. The molecule has 1 aromatic carbocycles. The highest BCUT2D eigenvalue weighted by Gasteiger charge is 2.37. The summed E-state index contributed by atoms with van der Waals surface area (Å²) >= 11 is 0. The van der Waals surface area contributed by atoms with Crippen molar-refractivity contribution in [3.05, 3.63) is 54.7 Å². The number of hydrogen-bond donors (Lipinski definition) is 2. The zero-order valence-corrected chi connectivity index (χ0v) is 16.0. The highest BCUT2D eigenvalue weighted by Crippen LogP contribution is 2.25. The molecule has 0 radical (unpaired) electrons. The Morgan fingerprint density at radius 3 is 2.46 bits per heavy atom. The van der Waals surface area contributed by atoms with Crippen molar-refractivity contribution in [1.82, 2.24) is 10.3 Å². The molecule has 2 aromatic rings. The SMILES string of the molecule is CC(C)[C@H](NC(=O)[C@@H]1CC(=O)N(c2ccccc2)C1)C(=O)Nc1ccccn1. The number of carbonyl (C=O) groups is 3. The maximum atomic E-state index is 12.8. The largest absolute Gasteiger partial charge is 0.344 e. The van der Waals surface area contributed by atoms with Crippen LogP contribution in [0.1, 0.15) is 20.3 Å². The molecule has 0 spiro atoms. The van der Waals surface area contributed by atoms with Gasteiger partial charge in [0.2, 0.25) is 17.7 Å². The lowest BCUT2D eigenvalue weighted by Crippen LogP contribution is -2.49. The minimum Gasteiger partial charge on any atom is -0.344 e. The van der Waals surface area contributed by atoms with Crippen molar-refractivity contribution in [3.8, 4) is 0 Å². The van der Waals surface area contributed by atoms with Crippen LogP contribution < -0.4 is 15.5 Å². The lowest BCUT2D eigenvalue weighted by atomic mass is 10.0. The van der Waals surface area contributed by atoms with E-state index in [0.29, 0.717) is 12.4 Å². The molecule has 3 amide bonds. The van der Waals surface area contributed by atoms with Gasteiger partial charge in [0.1, 0.15) is 11.9 Å². The molecule has 1 aromatic heterocycles. The first-order valence-electron chi connectivity index (χ1n) is 9.33. The zero-order valence-electron chi connectivity index (χ0n) is 16.0. The van der Waals surface area contributed by atoms with Crippen LogP contribution in [0.4, 0.5) is 11.5 Å². The Labute approximate surface area is 164 Å². The summed E-state index contributed by atoms with van der Waals surface area (Å²) in [6.07, 6.45) is 1.72. The maximum Gasteiger partial charge on any atom is 0.248 e. The molecule has 2 N–H and O–H groups in total. The lowest BCUT2D eigenvalue weighted by molar-refractivity contribution is -0.130. The quantitative estimate of drug-likeness (QED) is 0.804. The summed E-state index contributed by atoms with van der Waals surface area (Å²) in [5.74, 6) is -0.886. The van der Waals surface area contributed by atoms with Crippen molar-refractivity contribution in [2.75, 3.05) is 16.8 Å². The van der Waals surface area contributed by atoms with Gasteiger partial charge in [-0.05, 0) is 30.2 Å². The first kappa shape index (κ1) is 19.5. The monoisotopic (exact) mass is 380 g/mol. The summed E-state index contributed by atoms with van der Waals surface area (Å²) in [4.78, 5) is 43.4. The smallest absolute Gasteiger partial charge is 0.248 e. The molecular weight excluding hydrogens is 356 g/mol. The van der Waals surface area contributed by atoms with E-state index in [4.69, 9.17) is 0 Å². The predicted octanol–water partition coefficient (Wildman–Crippen LogP) is 2.21. The topological polar surface area (TPSA) is 91.4 Å². The number of carbonyl (C=O) groups excluding carboxylic acids is 3. The summed E-state index contributed by atoms with van der Waals surface area (Å²) in [5, 5.41) is 5.53. The molecule has 28 heavy (non-hydrogen) atoms. The lowest BCUT2D eigenvalue weighted by Gasteiger charge is -2.23. The van der Waals surface area contributed by atoms with E-state index in [2.05, 4.69) is 15.6 Å². The standard InChI is InChI=1S/C21H24N4O3/c1-14(2)19(21(28)23-17-10-6-7-11-22-17)24-20(27)15-12-18(26)25(13-15)16-8-4-3-5-9-16/h3-11,14-15,19H,12-13H2,1-2H3,(H,24,27)(H,22,23,28)/t15-,19+/m1/s1. The second-order valence-electron chi connectivity index (χ2n) is 7.18. The van der Waals surface area contributed by atoms with E-state index in [0.717, 1.165) is 5.69 Å². The number of hydrogen-bond acceptors (Lipinski definition) is 4. The molecule has 7 nitrogen and oxygen atoms in total. The first-order valence-corrected chi connectivity index (χ1v) is 9.33. The Balaban J connectivity index is 1.64. The minimum atomic E-state index is -0.713. The molecule has 1 fully saturated rings. The van der Waals surface area contributed by atoms with Gasteiger partial charge in [-0.25, -0.2) is 4.98 Å². The summed E-state index contributed by atoms with van der Waals surface area (Å²) in [5.41, 5.74) is 0.774. The van der Waals surface area contributed by atoms with E-state index >= 15 is 0 Å². The predicted molar refractivity (Wildman–Crippen MR) is 107 cm³/mol. The Morgan fingerprint density at radius 2 is 1.82 bits per heavy atom. The molecule has 146 valence electrons. The zero-order chi connectivity index (χ0) is 20.1. The average molecular weight is 380 g/mol. The molecule has 2 atom stereocenters. The van der Waals surface area contributed by atoms with E-state index in [1.165, 1.54) is 0 Å². The van der Waals surface area contributed by atoms with Gasteiger partial charge in [-0.15, -0.1) is 0 Å². The second kappa shape index (κ2) is 8.65. The molecule has 0 aliphatic carbocycles. The van der Waals surface area contributed by atoms with Gasteiger partial charge in [-0.3, -0.25) is 14.4 Å². The number of pyridine rings is 1. The van der Waals surface area contributed by atoms with Gasteiger partial charge in [0.15, 0.2) is 0 Å². The van der Waals surface area contributed by atoms with Gasteiger partial charge in [0, 0.05) is 24.8 Å². The number of nitrogens with one attached hydrogen (secondary N) is 2. The fourth-order valence-corrected chi connectivity index (χ4v) is 3.19. The number of anilines is 2. The minimum absolute atomic E-state index is 0.0922. The van der Waals surface area contributed by atoms with Gasteiger partial charge in [-0.1, -0.05) is 38.1 Å². The van der Waals surface area contributed by atoms with Crippen molar-refractivity contribution in [2.24, 2.45) is 11.8 Å². The molecular formula is C21H24N4O3. The Bertz CT molecular complexity index is 839. The van der Waals surface area contributed by atoms with Crippen LogP contribution in [-0.2, 0) is 14.4 Å². The van der Waals surface area contributed by atoms with Gasteiger partial charge >= 0.3 is 0 Å². The fraction of sp³-hybridized carbons (Fsp3) is 0.333. The van der Waals surface area contributed by atoms with Crippen molar-refractivity contribution in [2.45, 2.75) is 26.3 Å². The number of para-hydroxylation sites is 1. The molecule has 0 bridgehead atoms. The van der Waals surface area contributed by atoms with Gasteiger partial charge < -0.3 is 15.5 Å². The molecule has 2 heterocycles. The van der Waals surface area contributed by atoms with Crippen LogP contribution in [-0.4, -0.2) is 35.3 Å². The fourth-order valence-electron chi connectivity index (χ4n) is 3.19. The third kappa shape index (κ3) is 4.54. The molecule has 7 heteroatoms. The third-order valence-corrected chi connectivity index (χ3v) is 4.73. The van der Waals surface area contributed by atoms with Crippen LogP contribution in [0, 0.1) is 11.8 Å². The number of rotatable bonds is 6. The summed E-state index contributed by atoms with van der Waals surface area (Å²) in [6, 6.07) is 13.8. The summed E-state index contributed by atoms with van der Waals surface area (Å²) in [7, 11) is 0. The molecule has 3 rings (SSSR count). The summed E-state index contributed by atoms with van der Waals surface area (Å²) in [6.45, 7) is 4.03. The molecule has 0 unspecified atom stereocenters. The molecule has 1 aliphatic rings. The Morgan fingerprint density at radius 1 is 1.11 bits per heavy atom. The van der Waals surface area contributed by atoms with Crippen LogP contribution in [0.25, 0.3) is 0 Å². The third-order valence-electron chi connectivity index (χ3n) is 4.73. The number of aromatic nitrogens is 1. The van der Waals surface area contributed by atoms with Crippen LogP contribution >= 0.6 is 0 Å². The van der Waals surface area contributed by atoms with Crippen molar-refractivity contribution in [3.63, 3.8) is 0 Å². The van der Waals surface area contributed by atoms with Crippen molar-refractivity contribution >= 4 is 29.2 Å². The van der Waals surface area contributed by atoms with E-state index in [9.17, 15) is 14.4 Å². The van der Waals surface area contributed by atoms with Gasteiger partial charge in [0.25, 0.3) is 0 Å². The van der Waals surface area contributed by atoms with E-state index < -0.39 is 12.0 Å².